The van der Waals surface area contributed by atoms with E-state index >= 15 is 0 Å². The summed E-state index contributed by atoms with van der Waals surface area (Å²) in [7, 11) is 0. The molecule has 0 bridgehead atoms. The Balaban J connectivity index is 1.32. The largest absolute Gasteiger partial charge is 0.457 e. The Hall–Kier alpha value is -4.64. The molecule has 1 aliphatic carbocycles. The lowest BCUT2D eigenvalue weighted by Crippen LogP contribution is -2.17. The second kappa shape index (κ2) is 14.9. The summed E-state index contributed by atoms with van der Waals surface area (Å²) in [5.41, 5.74) is 11.3. The number of ether oxygens (including phenoxy) is 1. The molecule has 5 nitrogen and oxygen atoms in total. The van der Waals surface area contributed by atoms with Gasteiger partial charge in [-0.05, 0) is 118 Å². The molecule has 0 N–H and O–H groups in total. The van der Waals surface area contributed by atoms with E-state index in [0.717, 1.165) is 65.4 Å². The fraction of sp³-hybridized carbons (Fsp3) is 0.391. The van der Waals surface area contributed by atoms with Crippen molar-refractivity contribution in [3.8, 4) is 23.0 Å². The molecule has 1 unspecified atom stereocenters. The van der Waals surface area contributed by atoms with Crippen molar-refractivity contribution in [2.24, 2.45) is 5.92 Å². The van der Waals surface area contributed by atoms with Gasteiger partial charge in [0.2, 0.25) is 0 Å². The highest BCUT2D eigenvalue weighted by atomic mass is 16.5. The summed E-state index contributed by atoms with van der Waals surface area (Å²) in [5.74, 6) is 3.94. The van der Waals surface area contributed by atoms with E-state index in [-0.39, 0.29) is 0 Å². The zero-order valence-corrected chi connectivity index (χ0v) is 31.7. The van der Waals surface area contributed by atoms with Gasteiger partial charge in [-0.3, -0.25) is 4.57 Å². The highest BCUT2D eigenvalue weighted by molar-refractivity contribution is 6.09. The number of hydrogen-bond acceptors (Lipinski definition) is 3. The first kappa shape index (κ1) is 34.8. The molecule has 0 spiro atoms. The van der Waals surface area contributed by atoms with Crippen molar-refractivity contribution >= 4 is 21.8 Å². The third kappa shape index (κ3) is 6.88. The van der Waals surface area contributed by atoms with E-state index in [4.69, 9.17) is 14.8 Å². The van der Waals surface area contributed by atoms with Crippen molar-refractivity contribution in [1.29, 1.82) is 0 Å². The number of benzene rings is 3. The number of rotatable bonds is 12. The predicted molar refractivity (Wildman–Crippen MR) is 213 cm³/mol. The Morgan fingerprint density at radius 2 is 1.63 bits per heavy atom. The first-order valence-corrected chi connectivity index (χ1v) is 19.3. The molecule has 0 saturated heterocycles. The second-order valence-corrected chi connectivity index (χ2v) is 15.1. The minimum absolute atomic E-state index is 0.335. The van der Waals surface area contributed by atoms with Gasteiger partial charge in [0, 0.05) is 46.3 Å². The number of aromatic nitrogens is 4. The number of fused-ring (bicyclic) bond motifs is 3. The normalized spacial score (nSPS) is 16.4. The Morgan fingerprint density at radius 1 is 0.843 bits per heavy atom. The summed E-state index contributed by atoms with van der Waals surface area (Å²) in [5, 5.41) is 7.69. The molecule has 51 heavy (non-hydrogen) atoms. The molecule has 7 rings (SSSR count). The molecule has 0 saturated carbocycles. The fourth-order valence-corrected chi connectivity index (χ4v) is 8.25. The molecule has 0 aliphatic heterocycles. The summed E-state index contributed by atoms with van der Waals surface area (Å²) in [6.45, 7) is 16.0. The monoisotopic (exact) mass is 678 g/mol. The first-order chi connectivity index (χ1) is 24.8. The van der Waals surface area contributed by atoms with Crippen LogP contribution in [0.2, 0.25) is 0 Å². The summed E-state index contributed by atoms with van der Waals surface area (Å²) in [6.07, 6.45) is 13.5. The lowest BCUT2D eigenvalue weighted by molar-refractivity contribution is 0.446. The van der Waals surface area contributed by atoms with Gasteiger partial charge in [0.05, 0.1) is 22.4 Å². The van der Waals surface area contributed by atoms with Gasteiger partial charge in [0.25, 0.3) is 0 Å². The van der Waals surface area contributed by atoms with Crippen LogP contribution in [0.15, 0.2) is 90.6 Å². The Morgan fingerprint density at radius 3 is 2.41 bits per heavy atom. The molecule has 1 aliphatic rings. The molecule has 2 atom stereocenters. The Bertz CT molecular complexity index is 2200. The van der Waals surface area contributed by atoms with Gasteiger partial charge in [0.15, 0.2) is 0 Å². The van der Waals surface area contributed by atoms with Crippen LogP contribution < -0.4 is 4.74 Å². The molecular formula is C46H54N4O. The summed E-state index contributed by atoms with van der Waals surface area (Å²) >= 11 is 0. The number of para-hydroxylation sites is 1. The zero-order chi connectivity index (χ0) is 35.6. The van der Waals surface area contributed by atoms with Crippen molar-refractivity contribution in [3.05, 3.63) is 119 Å². The highest BCUT2D eigenvalue weighted by Gasteiger charge is 2.31. The first-order valence-electron chi connectivity index (χ1n) is 19.3. The number of allylic oxidation sites excluding steroid dienone is 2. The molecule has 0 amide bonds. The maximum atomic E-state index is 6.83. The number of pyridine rings is 1. The smallest absolute Gasteiger partial charge is 0.137 e. The van der Waals surface area contributed by atoms with Crippen LogP contribution in [0.4, 0.5) is 0 Å². The van der Waals surface area contributed by atoms with E-state index in [1.54, 1.807) is 0 Å². The van der Waals surface area contributed by atoms with Crippen molar-refractivity contribution in [3.63, 3.8) is 0 Å². The van der Waals surface area contributed by atoms with E-state index in [1.165, 1.54) is 64.4 Å². The summed E-state index contributed by atoms with van der Waals surface area (Å²) in [4.78, 5) is 4.87. The van der Waals surface area contributed by atoms with Gasteiger partial charge in [-0.1, -0.05) is 77.3 Å². The van der Waals surface area contributed by atoms with Gasteiger partial charge in [-0.15, -0.1) is 0 Å². The maximum Gasteiger partial charge on any atom is 0.137 e. The van der Waals surface area contributed by atoms with E-state index in [9.17, 15) is 0 Å². The van der Waals surface area contributed by atoms with Crippen LogP contribution >= 0.6 is 0 Å². The molecule has 264 valence electrons. The third-order valence-corrected chi connectivity index (χ3v) is 11.0. The standard InChI is InChI=1S/C46H54N4O/c1-8-10-17-34-23-24-47-44(25-34)49-41-20-13-12-18-39(41)40-22-21-37(29-43(40)49)51-38-27-35(30(3)4)26-36(28-38)50-42(19-11-9-2)46(33(7)48-50)45-31(5)15-14-16-32(45)6/h12-13,15,18,20-30,32,45H,8-11,14,16-17,19H2,1-7H3/t32?,45-/m0/s1. The van der Waals surface area contributed by atoms with E-state index in [1.807, 2.05) is 6.20 Å². The van der Waals surface area contributed by atoms with Crippen molar-refractivity contribution in [1.82, 2.24) is 19.3 Å². The van der Waals surface area contributed by atoms with Crippen LogP contribution in [0, 0.1) is 12.8 Å². The van der Waals surface area contributed by atoms with Gasteiger partial charge >= 0.3 is 0 Å². The van der Waals surface area contributed by atoms with Crippen LogP contribution in [0.25, 0.3) is 33.3 Å². The van der Waals surface area contributed by atoms with Gasteiger partial charge in [-0.2, -0.15) is 5.10 Å². The van der Waals surface area contributed by atoms with Crippen LogP contribution in [0.5, 0.6) is 11.5 Å². The molecule has 5 heteroatoms. The topological polar surface area (TPSA) is 44.9 Å². The lowest BCUT2D eigenvalue weighted by Gasteiger charge is -2.30. The summed E-state index contributed by atoms with van der Waals surface area (Å²) in [6, 6.07) is 26.2. The maximum absolute atomic E-state index is 6.83. The predicted octanol–water partition coefficient (Wildman–Crippen LogP) is 12.7. The molecule has 6 aromatic rings. The average Bonchev–Trinajstić information content (AvgIpc) is 3.63. The molecule has 3 aromatic heterocycles. The van der Waals surface area contributed by atoms with Crippen LogP contribution in [0.1, 0.15) is 120 Å². The molecule has 3 heterocycles. The number of hydrogen-bond donors (Lipinski definition) is 0. The summed E-state index contributed by atoms with van der Waals surface area (Å²) < 4.78 is 11.4. The van der Waals surface area contributed by atoms with E-state index < -0.39 is 0 Å². The molecular weight excluding hydrogens is 625 g/mol. The third-order valence-electron chi connectivity index (χ3n) is 11.0. The van der Waals surface area contributed by atoms with Crippen LogP contribution in [-0.2, 0) is 12.8 Å². The molecule has 0 radical (unpaired) electrons. The van der Waals surface area contributed by atoms with Gasteiger partial charge < -0.3 is 4.74 Å². The zero-order valence-electron chi connectivity index (χ0n) is 31.7. The van der Waals surface area contributed by atoms with Crippen molar-refractivity contribution in [2.75, 3.05) is 0 Å². The van der Waals surface area contributed by atoms with Gasteiger partial charge in [-0.25, -0.2) is 9.67 Å². The minimum Gasteiger partial charge on any atom is -0.457 e. The van der Waals surface area contributed by atoms with E-state index in [2.05, 4.69) is 137 Å². The minimum atomic E-state index is 0.335. The number of aryl methyl sites for hydroxylation is 2. The fourth-order valence-electron chi connectivity index (χ4n) is 8.25. The highest BCUT2D eigenvalue weighted by Crippen LogP contribution is 2.43. The SMILES string of the molecule is CCCCc1ccnc(-n2c3ccccc3c3ccc(Oc4cc(C(C)C)cc(-n5nc(C)c([C@H]6C(C)=CCCC6C)c5CCCC)c4)cc32)c1. The Kier molecular flexibility index (Phi) is 10.2. The second-order valence-electron chi connectivity index (χ2n) is 15.1. The Labute approximate surface area is 304 Å². The van der Waals surface area contributed by atoms with Gasteiger partial charge in [0.1, 0.15) is 17.3 Å². The van der Waals surface area contributed by atoms with E-state index in [0.29, 0.717) is 17.8 Å². The molecule has 0 fully saturated rings. The van der Waals surface area contributed by atoms with Crippen LogP contribution in [-0.4, -0.2) is 19.3 Å². The lowest BCUT2D eigenvalue weighted by atomic mass is 9.75. The van der Waals surface area contributed by atoms with Crippen molar-refractivity contribution in [2.45, 2.75) is 112 Å². The van der Waals surface area contributed by atoms with Crippen molar-refractivity contribution < 1.29 is 4.74 Å². The number of unbranched alkanes of at least 4 members (excludes halogenated alkanes) is 2. The van der Waals surface area contributed by atoms with Crippen LogP contribution in [0.3, 0.4) is 0 Å². The quantitative estimate of drug-likeness (QED) is 0.121. The average molecular weight is 679 g/mol. The molecule has 3 aromatic carbocycles. The number of nitrogens with zero attached hydrogens (tertiary/aromatic N) is 4.